The molecule has 1 atom stereocenters. The van der Waals surface area contributed by atoms with E-state index in [9.17, 15) is 4.79 Å². The van der Waals surface area contributed by atoms with E-state index in [0.717, 1.165) is 31.7 Å². The van der Waals surface area contributed by atoms with Crippen LogP contribution in [0.5, 0.6) is 0 Å². The van der Waals surface area contributed by atoms with E-state index in [4.69, 9.17) is 5.73 Å². The molecule has 0 saturated carbocycles. The Hall–Kier alpha value is -1.00. The van der Waals surface area contributed by atoms with Crippen molar-refractivity contribution in [2.45, 2.75) is 32.4 Å². The average Bonchev–Trinajstić information content (AvgIpc) is 2.42. The third-order valence-corrected chi connectivity index (χ3v) is 4.40. The van der Waals surface area contributed by atoms with Gasteiger partial charge in [0.05, 0.1) is 5.75 Å². The molecule has 1 aliphatic rings. The minimum atomic E-state index is 0.226. The van der Waals surface area contributed by atoms with E-state index in [2.05, 4.69) is 18.2 Å². The molecule has 1 heterocycles. The number of thioether (sulfide) groups is 1. The molecule has 0 aliphatic carbocycles. The van der Waals surface area contributed by atoms with Crippen molar-refractivity contribution in [1.29, 1.82) is 0 Å². The highest BCUT2D eigenvalue weighted by Crippen LogP contribution is 2.19. The fourth-order valence-corrected chi connectivity index (χ4v) is 3.27. The lowest BCUT2D eigenvalue weighted by molar-refractivity contribution is -0.129. The van der Waals surface area contributed by atoms with Crippen molar-refractivity contribution in [2.24, 2.45) is 5.73 Å². The van der Waals surface area contributed by atoms with Crippen molar-refractivity contribution in [3.05, 3.63) is 35.4 Å². The van der Waals surface area contributed by atoms with Crippen LogP contribution >= 0.6 is 11.8 Å². The minimum absolute atomic E-state index is 0.226. The summed E-state index contributed by atoms with van der Waals surface area (Å²) in [5.74, 6) is 1.80. The number of fused-ring (bicyclic) bond motifs is 1. The van der Waals surface area contributed by atoms with Gasteiger partial charge in [-0.3, -0.25) is 4.79 Å². The molecule has 2 N–H and O–H groups in total. The van der Waals surface area contributed by atoms with Gasteiger partial charge < -0.3 is 10.6 Å². The van der Waals surface area contributed by atoms with Crippen molar-refractivity contribution in [1.82, 2.24) is 4.90 Å². The Morgan fingerprint density at radius 3 is 2.89 bits per heavy atom. The highest BCUT2D eigenvalue weighted by atomic mass is 32.2. The number of amides is 1. The zero-order chi connectivity index (χ0) is 13.7. The Balaban J connectivity index is 1.79. The van der Waals surface area contributed by atoms with Gasteiger partial charge in [-0.2, -0.15) is 11.8 Å². The summed E-state index contributed by atoms with van der Waals surface area (Å²) in [6.45, 7) is 3.62. The summed E-state index contributed by atoms with van der Waals surface area (Å²) in [6.07, 6.45) is 1.95. The number of nitrogens with zero attached hydrogens (tertiary/aromatic N) is 1. The topological polar surface area (TPSA) is 46.3 Å². The third-order valence-electron chi connectivity index (χ3n) is 3.43. The first-order valence-corrected chi connectivity index (χ1v) is 8.00. The molecule has 1 unspecified atom stereocenters. The molecule has 1 aromatic carbocycles. The summed E-state index contributed by atoms with van der Waals surface area (Å²) >= 11 is 1.69. The largest absolute Gasteiger partial charge is 0.337 e. The Kier molecular flexibility index (Phi) is 5.28. The maximum absolute atomic E-state index is 12.1. The van der Waals surface area contributed by atoms with Crippen molar-refractivity contribution < 1.29 is 4.79 Å². The monoisotopic (exact) mass is 278 g/mol. The summed E-state index contributed by atoms with van der Waals surface area (Å²) < 4.78 is 0. The van der Waals surface area contributed by atoms with Crippen LogP contribution in [-0.4, -0.2) is 34.9 Å². The molecule has 0 fully saturated rings. The van der Waals surface area contributed by atoms with E-state index < -0.39 is 0 Å². The molecule has 104 valence electrons. The average molecular weight is 278 g/mol. The molecule has 1 aromatic rings. The van der Waals surface area contributed by atoms with Crippen LogP contribution in [0.15, 0.2) is 24.3 Å². The maximum atomic E-state index is 12.1. The Labute approximate surface area is 119 Å². The number of carbonyl (C=O) groups excluding carboxylic acids is 1. The Bertz CT molecular complexity index is 434. The fraction of sp³-hybridized carbons (Fsp3) is 0.533. The van der Waals surface area contributed by atoms with Crippen molar-refractivity contribution in [2.75, 3.05) is 18.1 Å². The van der Waals surface area contributed by atoms with Crippen LogP contribution in [0.1, 0.15) is 24.5 Å². The number of rotatable bonds is 5. The SMILES string of the molecule is CC(N)CCSCC(=O)N1CCc2ccccc2C1. The van der Waals surface area contributed by atoms with Crippen molar-refractivity contribution >= 4 is 17.7 Å². The van der Waals surface area contributed by atoms with E-state index in [-0.39, 0.29) is 11.9 Å². The maximum Gasteiger partial charge on any atom is 0.232 e. The second kappa shape index (κ2) is 6.96. The van der Waals surface area contributed by atoms with Gasteiger partial charge in [0.1, 0.15) is 0 Å². The van der Waals surface area contributed by atoms with Crippen LogP contribution in [0.2, 0.25) is 0 Å². The molecule has 4 heteroatoms. The smallest absolute Gasteiger partial charge is 0.232 e. The Morgan fingerprint density at radius 1 is 1.42 bits per heavy atom. The van der Waals surface area contributed by atoms with Gasteiger partial charge in [0.2, 0.25) is 5.91 Å². The van der Waals surface area contributed by atoms with Crippen LogP contribution < -0.4 is 5.73 Å². The van der Waals surface area contributed by atoms with Crippen LogP contribution in [0.4, 0.5) is 0 Å². The highest BCUT2D eigenvalue weighted by molar-refractivity contribution is 7.99. The van der Waals surface area contributed by atoms with Gasteiger partial charge in [-0.05, 0) is 36.6 Å². The molecule has 0 bridgehead atoms. The zero-order valence-electron chi connectivity index (χ0n) is 11.5. The summed E-state index contributed by atoms with van der Waals surface area (Å²) in [6, 6.07) is 8.63. The summed E-state index contributed by atoms with van der Waals surface area (Å²) in [7, 11) is 0. The molecular formula is C15H22N2OS. The first kappa shape index (κ1) is 14.4. The van der Waals surface area contributed by atoms with Crippen LogP contribution in [-0.2, 0) is 17.8 Å². The van der Waals surface area contributed by atoms with Crippen LogP contribution in [0, 0.1) is 0 Å². The molecule has 0 saturated heterocycles. The molecule has 1 aliphatic heterocycles. The van der Waals surface area contributed by atoms with E-state index in [0.29, 0.717) is 5.75 Å². The van der Waals surface area contributed by atoms with E-state index in [1.807, 2.05) is 17.9 Å². The standard InChI is InChI=1S/C15H22N2OS/c1-12(16)7-9-19-11-15(18)17-8-6-13-4-2-3-5-14(13)10-17/h2-5,12H,6-11,16H2,1H3. The summed E-state index contributed by atoms with van der Waals surface area (Å²) in [5.41, 5.74) is 8.38. The van der Waals surface area contributed by atoms with Crippen LogP contribution in [0.25, 0.3) is 0 Å². The summed E-state index contributed by atoms with van der Waals surface area (Å²) in [5, 5.41) is 0. The number of hydrogen-bond acceptors (Lipinski definition) is 3. The first-order chi connectivity index (χ1) is 9.16. The van der Waals surface area contributed by atoms with E-state index in [1.54, 1.807) is 11.8 Å². The third kappa shape index (κ3) is 4.25. The van der Waals surface area contributed by atoms with Gasteiger partial charge in [-0.1, -0.05) is 24.3 Å². The lowest BCUT2D eigenvalue weighted by atomic mass is 10.00. The number of benzene rings is 1. The molecule has 0 aromatic heterocycles. The van der Waals surface area contributed by atoms with Gasteiger partial charge in [-0.15, -0.1) is 0 Å². The predicted molar refractivity (Wildman–Crippen MR) is 81.2 cm³/mol. The van der Waals surface area contributed by atoms with Gasteiger partial charge in [0.15, 0.2) is 0 Å². The lowest BCUT2D eigenvalue weighted by Gasteiger charge is -2.28. The molecule has 0 spiro atoms. The Morgan fingerprint density at radius 2 is 2.16 bits per heavy atom. The van der Waals surface area contributed by atoms with Gasteiger partial charge >= 0.3 is 0 Å². The molecule has 2 rings (SSSR count). The normalized spacial score (nSPS) is 16.0. The molecule has 19 heavy (non-hydrogen) atoms. The van der Waals surface area contributed by atoms with Crippen LogP contribution in [0.3, 0.4) is 0 Å². The highest BCUT2D eigenvalue weighted by Gasteiger charge is 2.19. The quantitative estimate of drug-likeness (QED) is 0.838. The van der Waals surface area contributed by atoms with Crippen molar-refractivity contribution in [3.63, 3.8) is 0 Å². The zero-order valence-corrected chi connectivity index (χ0v) is 12.3. The molecule has 1 amide bonds. The summed E-state index contributed by atoms with van der Waals surface area (Å²) in [4.78, 5) is 14.1. The van der Waals surface area contributed by atoms with Crippen molar-refractivity contribution in [3.8, 4) is 0 Å². The minimum Gasteiger partial charge on any atom is -0.337 e. The van der Waals surface area contributed by atoms with Gasteiger partial charge in [0.25, 0.3) is 0 Å². The molecule has 3 nitrogen and oxygen atoms in total. The number of hydrogen-bond donors (Lipinski definition) is 1. The van der Waals surface area contributed by atoms with Gasteiger partial charge in [-0.25, -0.2) is 0 Å². The molecular weight excluding hydrogens is 256 g/mol. The van der Waals surface area contributed by atoms with Gasteiger partial charge in [0, 0.05) is 19.1 Å². The second-order valence-corrected chi connectivity index (χ2v) is 6.26. The lowest BCUT2D eigenvalue weighted by Crippen LogP contribution is -2.37. The predicted octanol–water partition coefficient (Wildman–Crippen LogP) is 2.04. The first-order valence-electron chi connectivity index (χ1n) is 6.84. The fourth-order valence-electron chi connectivity index (χ4n) is 2.23. The number of carbonyl (C=O) groups is 1. The van der Waals surface area contributed by atoms with E-state index >= 15 is 0 Å². The van der Waals surface area contributed by atoms with E-state index in [1.165, 1.54) is 11.1 Å². The number of nitrogens with two attached hydrogens (primary N) is 1. The molecule has 0 radical (unpaired) electrons. The second-order valence-electron chi connectivity index (χ2n) is 5.15.